The first kappa shape index (κ1) is 26.8. The number of hydrogen-bond donors (Lipinski definition) is 4. The summed E-state index contributed by atoms with van der Waals surface area (Å²) in [5.74, 6) is 0.296. The summed E-state index contributed by atoms with van der Waals surface area (Å²) in [6.45, 7) is 0.642. The molecule has 2 aromatic heterocycles. The number of rotatable bonds is 9. The van der Waals surface area contributed by atoms with E-state index in [1.165, 1.54) is 4.57 Å². The fourth-order valence-corrected chi connectivity index (χ4v) is 5.59. The van der Waals surface area contributed by atoms with Gasteiger partial charge in [0.05, 0.1) is 12.0 Å². The molecule has 1 saturated heterocycles. The minimum Gasteiger partial charge on any atom is -0.756 e. The lowest BCUT2D eigenvalue weighted by molar-refractivity contribution is -0.242. The lowest BCUT2D eigenvalue weighted by Gasteiger charge is -2.28. The highest BCUT2D eigenvalue weighted by Gasteiger charge is 2.45. The number of phosphoric acid groups is 2. The highest BCUT2D eigenvalue weighted by Crippen LogP contribution is 2.52. The predicted molar refractivity (Wildman–Crippen MR) is 119 cm³/mol. The average molecular weight is 543 g/mol. The van der Waals surface area contributed by atoms with Crippen LogP contribution in [0.2, 0.25) is 0 Å². The molecule has 0 amide bonds. The van der Waals surface area contributed by atoms with E-state index in [2.05, 4.69) is 18.8 Å². The number of hydrogen-bond acceptors (Lipinski definition) is 11. The van der Waals surface area contributed by atoms with E-state index in [-0.39, 0.29) is 11.0 Å². The van der Waals surface area contributed by atoms with Crippen LogP contribution in [-0.4, -0.2) is 54.6 Å². The van der Waals surface area contributed by atoms with Crippen molar-refractivity contribution in [2.45, 2.75) is 44.3 Å². The number of aromatic amines is 1. The Hall–Kier alpha value is -2.22. The Bertz CT molecular complexity index is 1390. The van der Waals surface area contributed by atoms with Crippen LogP contribution in [-0.2, 0) is 35.5 Å². The first-order valence-corrected chi connectivity index (χ1v) is 13.7. The quantitative estimate of drug-likeness (QED) is 0.249. The number of fused-ring (bicyclic) bond motifs is 1. The standard InChI is InChI=1S/C20H25N3O11P2/c1-11-21-18-15(19(26)22-11)13(8-7-12-5-3-2-4-6-12)9-23(18)20-17(25)16(24)14(33-20)10-32-36(30,31)34-35(27,28)29/h2-6,9,14,16-17,20,24-25H,7-8,10H2,1H3,(H,30,31)(H,21,22,26)(H2,27,28,29)/p-2. The van der Waals surface area contributed by atoms with E-state index in [0.717, 1.165) is 5.56 Å². The fraction of sp³-hybridized carbons (Fsp3) is 0.400. The monoisotopic (exact) mass is 543 g/mol. The van der Waals surface area contributed by atoms with Crippen LogP contribution < -0.4 is 15.3 Å². The zero-order valence-electron chi connectivity index (χ0n) is 18.8. The molecule has 14 nitrogen and oxygen atoms in total. The Morgan fingerprint density at radius 2 is 1.86 bits per heavy atom. The number of nitrogens with zero attached hydrogens (tertiary/aromatic N) is 2. The van der Waals surface area contributed by atoms with Gasteiger partial charge in [-0.05, 0) is 30.9 Å². The van der Waals surface area contributed by atoms with Crippen molar-refractivity contribution >= 4 is 26.7 Å². The molecule has 0 aliphatic carbocycles. The molecular formula is C20H23N3O11P2-2. The highest BCUT2D eigenvalue weighted by molar-refractivity contribution is 7.59. The zero-order valence-corrected chi connectivity index (χ0v) is 20.6. The minimum absolute atomic E-state index is 0.183. The normalized spacial score (nSPS) is 25.6. The van der Waals surface area contributed by atoms with E-state index in [1.807, 2.05) is 30.3 Å². The molecule has 4 rings (SSSR count). The van der Waals surface area contributed by atoms with E-state index in [1.54, 1.807) is 13.1 Å². The number of aryl methyl sites for hydroxylation is 3. The number of aliphatic hydroxyl groups is 2. The van der Waals surface area contributed by atoms with E-state index in [4.69, 9.17) is 9.63 Å². The number of nitrogens with one attached hydrogen (secondary N) is 1. The molecule has 196 valence electrons. The summed E-state index contributed by atoms with van der Waals surface area (Å²) in [6, 6.07) is 9.56. The predicted octanol–water partition coefficient (Wildman–Crippen LogP) is -0.600. The highest BCUT2D eigenvalue weighted by atomic mass is 31.3. The second kappa shape index (κ2) is 10.3. The summed E-state index contributed by atoms with van der Waals surface area (Å²) in [7, 11) is -11.2. The smallest absolute Gasteiger partial charge is 0.274 e. The van der Waals surface area contributed by atoms with Crippen LogP contribution in [0.3, 0.4) is 0 Å². The Labute approximate surface area is 204 Å². The van der Waals surface area contributed by atoms with Gasteiger partial charge in [-0.2, -0.15) is 0 Å². The first-order valence-electron chi connectivity index (χ1n) is 10.7. The van der Waals surface area contributed by atoms with Gasteiger partial charge in [0, 0.05) is 6.20 Å². The molecule has 0 bridgehead atoms. The topological polar surface area (TPSA) is 219 Å². The number of H-pyrrole nitrogens is 1. The average Bonchev–Trinajstić information content (AvgIpc) is 3.27. The van der Waals surface area contributed by atoms with Crippen molar-refractivity contribution in [1.29, 1.82) is 0 Å². The fourth-order valence-electron chi connectivity index (χ4n) is 4.06. The number of phosphoric ester groups is 1. The SMILES string of the molecule is Cc1nc2c(c(CCc3ccccc3)cn2C2OC(COP(=O)([O-])OP(=O)([O-])O)C(O)C2O)c(=O)[nH]1. The number of ether oxygens (including phenoxy) is 1. The molecule has 6 atom stereocenters. The minimum atomic E-state index is -5.65. The summed E-state index contributed by atoms with van der Waals surface area (Å²) in [6.07, 6.45) is -3.34. The lowest BCUT2D eigenvalue weighted by Crippen LogP contribution is -2.34. The Morgan fingerprint density at radius 3 is 2.53 bits per heavy atom. The summed E-state index contributed by atoms with van der Waals surface area (Å²) in [5.41, 5.74) is 1.43. The van der Waals surface area contributed by atoms with Gasteiger partial charge in [0.2, 0.25) is 0 Å². The molecule has 1 aromatic carbocycles. The number of benzene rings is 1. The maximum absolute atomic E-state index is 12.8. The molecule has 16 heteroatoms. The third kappa shape index (κ3) is 6.01. The van der Waals surface area contributed by atoms with E-state index >= 15 is 0 Å². The first-order chi connectivity index (χ1) is 16.8. The summed E-state index contributed by atoms with van der Waals surface area (Å²) in [5, 5.41) is 21.3. The van der Waals surface area contributed by atoms with Crippen molar-refractivity contribution in [3.8, 4) is 0 Å². The van der Waals surface area contributed by atoms with Crippen LogP contribution in [0.25, 0.3) is 11.0 Å². The Balaban J connectivity index is 1.60. The molecule has 0 radical (unpaired) electrons. The van der Waals surface area contributed by atoms with E-state index in [0.29, 0.717) is 24.2 Å². The zero-order chi connectivity index (χ0) is 26.3. The molecule has 1 aliphatic rings. The van der Waals surface area contributed by atoms with Gasteiger partial charge in [-0.15, -0.1) is 0 Å². The van der Waals surface area contributed by atoms with Crippen LogP contribution in [0.4, 0.5) is 0 Å². The van der Waals surface area contributed by atoms with Gasteiger partial charge in [0.25, 0.3) is 21.2 Å². The van der Waals surface area contributed by atoms with Gasteiger partial charge in [-0.25, -0.2) is 9.29 Å². The van der Waals surface area contributed by atoms with Crippen molar-refractivity contribution in [2.75, 3.05) is 6.61 Å². The molecular weight excluding hydrogens is 520 g/mol. The summed E-state index contributed by atoms with van der Waals surface area (Å²) in [4.78, 5) is 50.6. The molecule has 36 heavy (non-hydrogen) atoms. The molecule has 3 heterocycles. The Morgan fingerprint density at radius 1 is 1.17 bits per heavy atom. The van der Waals surface area contributed by atoms with Gasteiger partial charge in [-0.1, -0.05) is 30.3 Å². The maximum atomic E-state index is 12.8. The lowest BCUT2D eigenvalue weighted by atomic mass is 10.1. The van der Waals surface area contributed by atoms with Crippen molar-refractivity contribution in [1.82, 2.24) is 14.5 Å². The van der Waals surface area contributed by atoms with Crippen molar-refractivity contribution < 1.29 is 47.6 Å². The van der Waals surface area contributed by atoms with Gasteiger partial charge >= 0.3 is 0 Å². The van der Waals surface area contributed by atoms with Crippen LogP contribution in [0, 0.1) is 6.92 Å². The maximum Gasteiger partial charge on any atom is 0.274 e. The number of aliphatic hydroxyl groups excluding tert-OH is 2. The second-order valence-electron chi connectivity index (χ2n) is 8.24. The molecule has 1 fully saturated rings. The van der Waals surface area contributed by atoms with Gasteiger partial charge < -0.3 is 43.7 Å². The Kier molecular flexibility index (Phi) is 7.65. The summed E-state index contributed by atoms with van der Waals surface area (Å²) < 4.78 is 37.1. The largest absolute Gasteiger partial charge is 0.756 e. The van der Waals surface area contributed by atoms with Gasteiger partial charge in [-0.3, -0.25) is 13.9 Å². The van der Waals surface area contributed by atoms with Crippen molar-refractivity contribution in [3.63, 3.8) is 0 Å². The van der Waals surface area contributed by atoms with Crippen molar-refractivity contribution in [2.24, 2.45) is 0 Å². The third-order valence-electron chi connectivity index (χ3n) is 5.62. The number of aromatic nitrogens is 3. The van der Waals surface area contributed by atoms with Crippen molar-refractivity contribution in [3.05, 3.63) is 63.8 Å². The second-order valence-corrected chi connectivity index (χ2v) is 11.0. The van der Waals surface area contributed by atoms with E-state index < -0.39 is 52.4 Å². The van der Waals surface area contributed by atoms with Crippen LogP contribution >= 0.6 is 15.6 Å². The van der Waals surface area contributed by atoms with Gasteiger partial charge in [0.15, 0.2) is 6.23 Å². The third-order valence-corrected chi connectivity index (χ3v) is 7.71. The molecule has 6 unspecified atom stereocenters. The van der Waals surface area contributed by atoms with Crippen LogP contribution in [0.1, 0.15) is 23.2 Å². The molecule has 3 aromatic rings. The van der Waals surface area contributed by atoms with Gasteiger partial charge in [0.1, 0.15) is 29.8 Å². The molecule has 4 N–H and O–H groups in total. The van der Waals surface area contributed by atoms with E-state index in [9.17, 15) is 33.9 Å². The van der Waals surface area contributed by atoms with Crippen LogP contribution in [0.15, 0.2) is 41.3 Å². The summed E-state index contributed by atoms with van der Waals surface area (Å²) >= 11 is 0. The molecule has 1 aliphatic heterocycles. The molecule has 0 saturated carbocycles. The molecule has 0 spiro atoms. The van der Waals surface area contributed by atoms with Crippen LogP contribution in [0.5, 0.6) is 0 Å².